The molecule has 1 aliphatic rings. The maximum absolute atomic E-state index is 13.8. The van der Waals surface area contributed by atoms with Crippen molar-refractivity contribution in [3.05, 3.63) is 96.0 Å². The van der Waals surface area contributed by atoms with Gasteiger partial charge in [0.2, 0.25) is 0 Å². The maximum Gasteiger partial charge on any atom is 0.126 e. The summed E-state index contributed by atoms with van der Waals surface area (Å²) in [5.41, 5.74) is 2.76. The molecule has 0 aliphatic heterocycles. The van der Waals surface area contributed by atoms with Crippen LogP contribution in [0.5, 0.6) is 0 Å². The molecule has 1 aliphatic carbocycles. The second-order valence-electron chi connectivity index (χ2n) is 6.58. The van der Waals surface area contributed by atoms with E-state index in [4.69, 9.17) is 0 Å². The number of pyridine rings is 1. The summed E-state index contributed by atoms with van der Waals surface area (Å²) in [6.45, 7) is 0. The maximum atomic E-state index is 13.8. The fourth-order valence-electron chi connectivity index (χ4n) is 3.20. The van der Waals surface area contributed by atoms with E-state index in [0.717, 1.165) is 17.2 Å². The molecule has 0 amide bonds. The summed E-state index contributed by atoms with van der Waals surface area (Å²) in [4.78, 5) is 4.42. The molecule has 2 aromatic carbocycles. The Bertz CT molecular complexity index is 1070. The first-order valence-electron chi connectivity index (χ1n) is 8.74. The zero-order valence-corrected chi connectivity index (χ0v) is 14.7. The van der Waals surface area contributed by atoms with Crippen LogP contribution in [0.2, 0.25) is 0 Å². The quantitative estimate of drug-likeness (QED) is 0.462. The Kier molecular flexibility index (Phi) is 4.82. The lowest BCUT2D eigenvalue weighted by Gasteiger charge is -2.14. The fraction of sp³-hybridized carbons (Fsp3) is 0.0870. The van der Waals surface area contributed by atoms with Gasteiger partial charge in [0.15, 0.2) is 0 Å². The number of hydrogen-bond donors (Lipinski definition) is 0. The van der Waals surface area contributed by atoms with Gasteiger partial charge in [-0.05, 0) is 47.5 Å². The first kappa shape index (κ1) is 18.2. The van der Waals surface area contributed by atoms with E-state index in [1.165, 1.54) is 24.3 Å². The summed E-state index contributed by atoms with van der Waals surface area (Å²) < 4.78 is 55.0. The minimum Gasteiger partial charge on any atom is -0.248 e. The molecule has 1 heterocycles. The number of alkyl halides is 1. The molecule has 1 aromatic heterocycles. The molecule has 0 saturated carbocycles. The van der Waals surface area contributed by atoms with Gasteiger partial charge in [0.25, 0.3) is 0 Å². The van der Waals surface area contributed by atoms with Gasteiger partial charge in [-0.25, -0.2) is 22.5 Å². The van der Waals surface area contributed by atoms with Crippen molar-refractivity contribution >= 4 is 5.57 Å². The molecule has 0 saturated heterocycles. The number of allylic oxidation sites excluding steroid dienone is 4. The van der Waals surface area contributed by atoms with E-state index in [2.05, 4.69) is 4.98 Å². The van der Waals surface area contributed by atoms with E-state index >= 15 is 0 Å². The molecule has 1 atom stereocenters. The second-order valence-corrected chi connectivity index (χ2v) is 6.58. The van der Waals surface area contributed by atoms with Crippen molar-refractivity contribution in [1.82, 2.24) is 4.98 Å². The summed E-state index contributed by atoms with van der Waals surface area (Å²) in [5.74, 6) is -2.03. The highest BCUT2D eigenvalue weighted by atomic mass is 19.1. The van der Waals surface area contributed by atoms with Crippen LogP contribution in [-0.4, -0.2) is 11.2 Å². The lowest BCUT2D eigenvalue weighted by atomic mass is 9.97. The Hall–Kier alpha value is -3.21. The van der Waals surface area contributed by atoms with Crippen LogP contribution in [0.3, 0.4) is 0 Å². The summed E-state index contributed by atoms with van der Waals surface area (Å²) in [6, 6.07) is 15.9. The van der Waals surface area contributed by atoms with E-state index in [1.54, 1.807) is 12.1 Å². The predicted octanol–water partition coefficient (Wildman–Crippen LogP) is 6.67. The molecule has 0 radical (unpaired) electrons. The van der Waals surface area contributed by atoms with E-state index < -0.39 is 23.6 Å². The Labute approximate surface area is 159 Å². The molecule has 4 rings (SSSR count). The molecular formula is C23H15F4N. The molecule has 1 unspecified atom stereocenters. The van der Waals surface area contributed by atoms with Crippen LogP contribution < -0.4 is 0 Å². The van der Waals surface area contributed by atoms with Gasteiger partial charge < -0.3 is 0 Å². The fourth-order valence-corrected chi connectivity index (χ4v) is 3.20. The van der Waals surface area contributed by atoms with Gasteiger partial charge >= 0.3 is 0 Å². The van der Waals surface area contributed by atoms with Crippen molar-refractivity contribution < 1.29 is 17.6 Å². The van der Waals surface area contributed by atoms with E-state index in [0.29, 0.717) is 17.0 Å². The average molecular weight is 381 g/mol. The predicted molar refractivity (Wildman–Crippen MR) is 102 cm³/mol. The Morgan fingerprint density at radius 1 is 0.750 bits per heavy atom. The Morgan fingerprint density at radius 3 is 2.11 bits per heavy atom. The number of benzene rings is 2. The largest absolute Gasteiger partial charge is 0.248 e. The Morgan fingerprint density at radius 2 is 1.43 bits per heavy atom. The third kappa shape index (κ3) is 3.88. The molecule has 1 nitrogen and oxygen atoms in total. The van der Waals surface area contributed by atoms with Crippen molar-refractivity contribution in [2.75, 3.05) is 0 Å². The van der Waals surface area contributed by atoms with Crippen molar-refractivity contribution in [3.63, 3.8) is 0 Å². The van der Waals surface area contributed by atoms with Crippen molar-refractivity contribution in [1.29, 1.82) is 0 Å². The average Bonchev–Trinajstić information content (AvgIpc) is 2.67. The molecule has 140 valence electrons. The summed E-state index contributed by atoms with van der Waals surface area (Å²) in [6.07, 6.45) is 0.792. The third-order valence-corrected chi connectivity index (χ3v) is 4.45. The Balaban J connectivity index is 1.91. The molecule has 0 fully saturated rings. The number of halogens is 4. The van der Waals surface area contributed by atoms with E-state index in [1.807, 2.05) is 30.3 Å². The summed E-state index contributed by atoms with van der Waals surface area (Å²) in [5, 5.41) is 0. The van der Waals surface area contributed by atoms with Gasteiger partial charge in [-0.3, -0.25) is 0 Å². The smallest absolute Gasteiger partial charge is 0.126 e. The zero-order valence-electron chi connectivity index (χ0n) is 14.7. The summed E-state index contributed by atoms with van der Waals surface area (Å²) in [7, 11) is 0. The van der Waals surface area contributed by atoms with Gasteiger partial charge in [-0.2, -0.15) is 0 Å². The van der Waals surface area contributed by atoms with Crippen LogP contribution in [-0.2, 0) is 0 Å². The minimum absolute atomic E-state index is 0.245. The van der Waals surface area contributed by atoms with Gasteiger partial charge in [0.05, 0.1) is 11.4 Å². The van der Waals surface area contributed by atoms with Crippen molar-refractivity contribution in [3.8, 4) is 22.4 Å². The lowest BCUT2D eigenvalue weighted by molar-refractivity contribution is 0.370. The number of aromatic nitrogens is 1. The van der Waals surface area contributed by atoms with E-state index in [9.17, 15) is 17.6 Å². The molecule has 28 heavy (non-hydrogen) atoms. The van der Waals surface area contributed by atoms with Gasteiger partial charge in [0, 0.05) is 23.6 Å². The van der Waals surface area contributed by atoms with E-state index in [-0.39, 0.29) is 12.0 Å². The standard InChI is InChI=1S/C23H15F4N/c24-18-6-16(7-19(25)12-18)22-10-15(14-4-2-1-3-5-14)11-23(28-22)17-8-20(26)13-21(27)9-17/h1-12,20H,13H2. The van der Waals surface area contributed by atoms with Crippen molar-refractivity contribution in [2.45, 2.75) is 12.6 Å². The van der Waals surface area contributed by atoms with Crippen LogP contribution in [0.15, 0.2) is 78.6 Å². The molecular weight excluding hydrogens is 366 g/mol. The molecule has 0 spiro atoms. The molecule has 5 heteroatoms. The minimum atomic E-state index is -1.45. The highest BCUT2D eigenvalue weighted by molar-refractivity contribution is 5.80. The van der Waals surface area contributed by atoms with Crippen LogP contribution in [0.4, 0.5) is 17.6 Å². The van der Waals surface area contributed by atoms with Crippen LogP contribution in [0.25, 0.3) is 28.0 Å². The topological polar surface area (TPSA) is 12.9 Å². The number of rotatable bonds is 3. The van der Waals surface area contributed by atoms with Gasteiger partial charge in [-0.15, -0.1) is 0 Å². The molecule has 3 aromatic rings. The monoisotopic (exact) mass is 381 g/mol. The zero-order chi connectivity index (χ0) is 19.7. The van der Waals surface area contributed by atoms with Crippen molar-refractivity contribution in [2.24, 2.45) is 0 Å². The van der Waals surface area contributed by atoms with Crippen LogP contribution in [0, 0.1) is 11.6 Å². The summed E-state index contributed by atoms with van der Waals surface area (Å²) >= 11 is 0. The van der Waals surface area contributed by atoms with Gasteiger partial charge in [0.1, 0.15) is 23.6 Å². The van der Waals surface area contributed by atoms with Gasteiger partial charge in [-0.1, -0.05) is 30.3 Å². The normalized spacial score (nSPS) is 16.5. The highest BCUT2D eigenvalue weighted by Crippen LogP contribution is 2.32. The third-order valence-electron chi connectivity index (χ3n) is 4.45. The first-order valence-corrected chi connectivity index (χ1v) is 8.74. The molecule has 0 N–H and O–H groups in total. The highest BCUT2D eigenvalue weighted by Gasteiger charge is 2.18. The second kappa shape index (κ2) is 7.43. The van der Waals surface area contributed by atoms with Crippen LogP contribution in [0.1, 0.15) is 12.1 Å². The van der Waals surface area contributed by atoms with Crippen LogP contribution >= 0.6 is 0 Å². The first-order chi connectivity index (χ1) is 13.5. The lowest BCUT2D eigenvalue weighted by Crippen LogP contribution is -2.04. The molecule has 0 bridgehead atoms. The number of nitrogens with zero attached hydrogens (tertiary/aromatic N) is 1. The number of hydrogen-bond acceptors (Lipinski definition) is 1. The SMILES string of the molecule is FC1=CC(c2cc(-c3ccccc3)cc(-c3cc(F)cc(F)c3)n2)=CC(F)C1.